The van der Waals surface area contributed by atoms with Crippen molar-refractivity contribution in [3.05, 3.63) is 65.9 Å². The quantitative estimate of drug-likeness (QED) is 0.776. The molecule has 6 heteroatoms. The number of alkyl halides is 3. The molecule has 23 heavy (non-hydrogen) atoms. The van der Waals surface area contributed by atoms with E-state index >= 15 is 0 Å². The number of aromatic nitrogens is 1. The van der Waals surface area contributed by atoms with E-state index in [9.17, 15) is 18.0 Å². The summed E-state index contributed by atoms with van der Waals surface area (Å²) in [5, 5.41) is 0.713. The highest BCUT2D eigenvalue weighted by atomic mass is 19.4. The van der Waals surface area contributed by atoms with Crippen molar-refractivity contribution in [1.82, 2.24) is 4.98 Å². The number of carbonyl (C=O) groups excluding carboxylic acids is 1. The van der Waals surface area contributed by atoms with Crippen molar-refractivity contribution < 1.29 is 18.0 Å². The number of nitrogens with two attached hydrogens (primary N) is 1. The number of halogens is 3. The molecule has 0 saturated heterocycles. The van der Waals surface area contributed by atoms with E-state index in [4.69, 9.17) is 5.73 Å². The van der Waals surface area contributed by atoms with Crippen LogP contribution in [0.25, 0.3) is 22.0 Å². The van der Waals surface area contributed by atoms with Crippen molar-refractivity contribution in [1.29, 1.82) is 0 Å². The molecule has 0 aliphatic rings. The van der Waals surface area contributed by atoms with Gasteiger partial charge in [0, 0.05) is 10.9 Å². The predicted molar refractivity (Wildman–Crippen MR) is 80.7 cm³/mol. The Bertz CT molecular complexity index is 904. The van der Waals surface area contributed by atoms with Crippen LogP contribution in [0.2, 0.25) is 0 Å². The van der Waals surface area contributed by atoms with Crippen molar-refractivity contribution >= 4 is 16.8 Å². The SMILES string of the molecule is NC(=O)c1nc2ccccc2cc1-c1cccc(C(F)(F)F)c1. The third-order valence-electron chi connectivity index (χ3n) is 3.46. The van der Waals surface area contributed by atoms with Crippen LogP contribution in [0.3, 0.4) is 0 Å². The lowest BCUT2D eigenvalue weighted by molar-refractivity contribution is -0.137. The topological polar surface area (TPSA) is 56.0 Å². The summed E-state index contributed by atoms with van der Waals surface area (Å²) in [4.78, 5) is 15.8. The normalized spacial score (nSPS) is 11.6. The fourth-order valence-electron chi connectivity index (χ4n) is 2.39. The Morgan fingerprint density at radius 1 is 1.00 bits per heavy atom. The standard InChI is InChI=1S/C17H11F3N2O/c18-17(19,20)12-6-3-5-10(8-12)13-9-11-4-1-2-7-14(11)22-15(13)16(21)23/h1-9H,(H2,21,23). The van der Waals surface area contributed by atoms with Crippen LogP contribution in [-0.4, -0.2) is 10.9 Å². The molecule has 0 aliphatic carbocycles. The van der Waals surface area contributed by atoms with Gasteiger partial charge < -0.3 is 5.73 Å². The Kier molecular flexibility index (Phi) is 3.52. The van der Waals surface area contributed by atoms with Crippen LogP contribution in [0.5, 0.6) is 0 Å². The van der Waals surface area contributed by atoms with E-state index in [0.717, 1.165) is 12.1 Å². The maximum absolute atomic E-state index is 12.9. The van der Waals surface area contributed by atoms with Crippen LogP contribution in [-0.2, 0) is 6.18 Å². The molecular weight excluding hydrogens is 305 g/mol. The summed E-state index contributed by atoms with van der Waals surface area (Å²) in [6.45, 7) is 0. The van der Waals surface area contributed by atoms with Gasteiger partial charge in [-0.3, -0.25) is 4.79 Å². The molecule has 2 N–H and O–H groups in total. The van der Waals surface area contributed by atoms with Crippen LogP contribution in [0.15, 0.2) is 54.6 Å². The summed E-state index contributed by atoms with van der Waals surface area (Å²) >= 11 is 0. The highest BCUT2D eigenvalue weighted by molar-refractivity contribution is 6.01. The Morgan fingerprint density at radius 2 is 1.74 bits per heavy atom. The highest BCUT2D eigenvalue weighted by Gasteiger charge is 2.30. The average Bonchev–Trinajstić information content (AvgIpc) is 2.53. The second-order valence-electron chi connectivity index (χ2n) is 5.02. The van der Waals surface area contributed by atoms with E-state index in [1.807, 2.05) is 0 Å². The molecule has 3 rings (SSSR count). The van der Waals surface area contributed by atoms with E-state index in [2.05, 4.69) is 4.98 Å². The Morgan fingerprint density at radius 3 is 2.43 bits per heavy atom. The van der Waals surface area contributed by atoms with Crippen molar-refractivity contribution in [3.8, 4) is 11.1 Å². The van der Waals surface area contributed by atoms with Gasteiger partial charge in [0.05, 0.1) is 11.1 Å². The minimum atomic E-state index is -4.47. The van der Waals surface area contributed by atoms with Gasteiger partial charge in [-0.05, 0) is 29.8 Å². The first-order chi connectivity index (χ1) is 10.9. The summed E-state index contributed by atoms with van der Waals surface area (Å²) in [7, 11) is 0. The van der Waals surface area contributed by atoms with Gasteiger partial charge in [0.1, 0.15) is 5.69 Å². The molecule has 116 valence electrons. The molecule has 1 amide bonds. The smallest absolute Gasteiger partial charge is 0.364 e. The van der Waals surface area contributed by atoms with Crippen LogP contribution in [0, 0.1) is 0 Å². The first-order valence-corrected chi connectivity index (χ1v) is 6.73. The number of fused-ring (bicyclic) bond motifs is 1. The number of rotatable bonds is 2. The van der Waals surface area contributed by atoms with Gasteiger partial charge in [0.25, 0.3) is 5.91 Å². The third-order valence-corrected chi connectivity index (χ3v) is 3.46. The Labute approximate surface area is 129 Å². The van der Waals surface area contributed by atoms with Gasteiger partial charge in [0.15, 0.2) is 0 Å². The molecule has 0 aliphatic heterocycles. The van der Waals surface area contributed by atoms with Crippen LogP contribution < -0.4 is 5.73 Å². The number of amides is 1. The van der Waals surface area contributed by atoms with Gasteiger partial charge in [0.2, 0.25) is 0 Å². The Hall–Kier alpha value is -2.89. The molecule has 1 heterocycles. The molecule has 0 bridgehead atoms. The van der Waals surface area contributed by atoms with Gasteiger partial charge >= 0.3 is 6.18 Å². The van der Waals surface area contributed by atoms with E-state index in [-0.39, 0.29) is 16.8 Å². The predicted octanol–water partition coefficient (Wildman–Crippen LogP) is 4.02. The monoisotopic (exact) mass is 316 g/mol. The first kappa shape index (κ1) is 15.0. The lowest BCUT2D eigenvalue weighted by Gasteiger charge is -2.11. The summed E-state index contributed by atoms with van der Waals surface area (Å²) in [6.07, 6.45) is -4.47. The number of carbonyl (C=O) groups is 1. The molecule has 0 spiro atoms. The van der Waals surface area contributed by atoms with Gasteiger partial charge in [-0.2, -0.15) is 13.2 Å². The van der Waals surface area contributed by atoms with E-state index in [0.29, 0.717) is 10.9 Å². The minimum Gasteiger partial charge on any atom is -0.364 e. The zero-order valence-corrected chi connectivity index (χ0v) is 11.8. The van der Waals surface area contributed by atoms with Crippen LogP contribution in [0.1, 0.15) is 16.1 Å². The molecule has 0 saturated carbocycles. The average molecular weight is 316 g/mol. The molecule has 0 fully saturated rings. The van der Waals surface area contributed by atoms with Gasteiger partial charge in [-0.25, -0.2) is 4.98 Å². The van der Waals surface area contributed by atoms with E-state index in [1.165, 1.54) is 12.1 Å². The number of primary amides is 1. The van der Waals surface area contributed by atoms with Crippen molar-refractivity contribution in [2.45, 2.75) is 6.18 Å². The molecule has 2 aromatic carbocycles. The molecule has 1 aromatic heterocycles. The second kappa shape index (κ2) is 5.39. The summed E-state index contributed by atoms with van der Waals surface area (Å²) < 4.78 is 38.7. The summed E-state index contributed by atoms with van der Waals surface area (Å²) in [5.41, 5.74) is 5.57. The molecule has 0 unspecified atom stereocenters. The summed E-state index contributed by atoms with van der Waals surface area (Å²) in [5.74, 6) is -0.789. The first-order valence-electron chi connectivity index (χ1n) is 6.73. The number of nitrogens with zero attached hydrogens (tertiary/aromatic N) is 1. The Balaban J connectivity index is 2.26. The zero-order valence-electron chi connectivity index (χ0n) is 11.8. The fourth-order valence-corrected chi connectivity index (χ4v) is 2.39. The third kappa shape index (κ3) is 2.88. The molecule has 3 aromatic rings. The highest BCUT2D eigenvalue weighted by Crippen LogP contribution is 2.33. The van der Waals surface area contributed by atoms with Crippen molar-refractivity contribution in [2.75, 3.05) is 0 Å². The number of pyridine rings is 1. The summed E-state index contributed by atoms with van der Waals surface area (Å²) in [6, 6.07) is 13.4. The van der Waals surface area contributed by atoms with Crippen LogP contribution >= 0.6 is 0 Å². The molecular formula is C17H11F3N2O. The molecule has 3 nitrogen and oxygen atoms in total. The number of benzene rings is 2. The number of para-hydroxylation sites is 1. The maximum Gasteiger partial charge on any atom is 0.416 e. The molecule has 0 atom stereocenters. The van der Waals surface area contributed by atoms with E-state index in [1.54, 1.807) is 30.3 Å². The number of hydrogen-bond donors (Lipinski definition) is 1. The lowest BCUT2D eigenvalue weighted by Crippen LogP contribution is -2.15. The maximum atomic E-state index is 12.9. The second-order valence-corrected chi connectivity index (χ2v) is 5.02. The van der Waals surface area contributed by atoms with Crippen molar-refractivity contribution in [3.63, 3.8) is 0 Å². The van der Waals surface area contributed by atoms with Gasteiger partial charge in [-0.15, -0.1) is 0 Å². The van der Waals surface area contributed by atoms with Gasteiger partial charge in [-0.1, -0.05) is 30.3 Å². The van der Waals surface area contributed by atoms with E-state index < -0.39 is 17.6 Å². The van der Waals surface area contributed by atoms with Crippen molar-refractivity contribution in [2.24, 2.45) is 5.73 Å². The largest absolute Gasteiger partial charge is 0.416 e. The van der Waals surface area contributed by atoms with Crippen LogP contribution in [0.4, 0.5) is 13.2 Å². The molecule has 0 radical (unpaired) electrons. The zero-order chi connectivity index (χ0) is 16.6. The number of hydrogen-bond acceptors (Lipinski definition) is 2. The fraction of sp³-hybridized carbons (Fsp3) is 0.0588. The lowest BCUT2D eigenvalue weighted by atomic mass is 9.99. The minimum absolute atomic E-state index is 0.0528.